The number of ether oxygens (including phenoxy) is 1. The smallest absolute Gasteiger partial charge is 0.119 e. The van der Waals surface area contributed by atoms with Gasteiger partial charge in [0.25, 0.3) is 0 Å². The monoisotopic (exact) mass is 203 g/mol. The van der Waals surface area contributed by atoms with Crippen LogP contribution in [0.2, 0.25) is 0 Å². The molecule has 0 amide bonds. The molecule has 1 unspecified atom stereocenters. The molecular weight excluding hydrogens is 186 g/mol. The zero-order valence-electron chi connectivity index (χ0n) is 9.29. The van der Waals surface area contributed by atoms with E-state index in [1.165, 1.54) is 0 Å². The molecule has 2 heteroatoms. The van der Waals surface area contributed by atoms with Gasteiger partial charge in [-0.05, 0) is 31.2 Å². The third-order valence-corrected chi connectivity index (χ3v) is 2.08. The van der Waals surface area contributed by atoms with Gasteiger partial charge >= 0.3 is 0 Å². The van der Waals surface area contributed by atoms with Crippen molar-refractivity contribution in [3.8, 4) is 18.1 Å². The topological polar surface area (TPSA) is 21.3 Å². The predicted octanol–water partition coefficient (Wildman–Crippen LogP) is 2.37. The number of hydrogen-bond acceptors (Lipinski definition) is 2. The van der Waals surface area contributed by atoms with E-state index in [9.17, 15) is 0 Å². The summed E-state index contributed by atoms with van der Waals surface area (Å²) < 4.78 is 5.42. The molecule has 80 valence electrons. The van der Waals surface area contributed by atoms with Gasteiger partial charge in [-0.3, -0.25) is 0 Å². The van der Waals surface area contributed by atoms with Crippen molar-refractivity contribution in [1.82, 2.24) is 5.32 Å². The average molecular weight is 203 g/mol. The lowest BCUT2D eigenvalue weighted by Crippen LogP contribution is -2.19. The van der Waals surface area contributed by atoms with Crippen molar-refractivity contribution in [1.29, 1.82) is 0 Å². The second-order valence-corrected chi connectivity index (χ2v) is 3.16. The van der Waals surface area contributed by atoms with Gasteiger partial charge < -0.3 is 10.1 Å². The highest BCUT2D eigenvalue weighted by molar-refractivity contribution is 5.33. The molecule has 0 bridgehead atoms. The zero-order valence-corrected chi connectivity index (χ0v) is 9.29. The molecule has 0 aromatic heterocycles. The highest BCUT2D eigenvalue weighted by Crippen LogP contribution is 2.18. The van der Waals surface area contributed by atoms with Gasteiger partial charge in [-0.2, -0.15) is 0 Å². The van der Waals surface area contributed by atoms with Crippen molar-refractivity contribution in [2.24, 2.45) is 0 Å². The number of hydrogen-bond donors (Lipinski definition) is 1. The van der Waals surface area contributed by atoms with E-state index in [2.05, 4.69) is 11.2 Å². The van der Waals surface area contributed by atoms with E-state index >= 15 is 0 Å². The van der Waals surface area contributed by atoms with E-state index in [0.717, 1.165) is 17.9 Å². The third kappa shape index (κ3) is 3.30. The Kier molecular flexibility index (Phi) is 4.73. The average Bonchev–Trinajstić information content (AvgIpc) is 2.27. The quantitative estimate of drug-likeness (QED) is 0.742. The van der Waals surface area contributed by atoms with Crippen LogP contribution in [0.4, 0.5) is 0 Å². The lowest BCUT2D eigenvalue weighted by atomic mass is 10.1. The fraction of sp³-hybridized carbons (Fsp3) is 0.385. The molecule has 1 N–H and O–H groups in total. The SMILES string of the molecule is C#CC(NCC)c1cccc(OCC)c1. The van der Waals surface area contributed by atoms with E-state index in [1.54, 1.807) is 0 Å². The standard InChI is InChI=1S/C13H17NO/c1-4-13(14-5-2)11-8-7-9-12(10-11)15-6-3/h1,7-10,13-14H,5-6H2,2-3H3. The molecule has 0 saturated heterocycles. The maximum Gasteiger partial charge on any atom is 0.119 e. The van der Waals surface area contributed by atoms with Gasteiger partial charge in [-0.15, -0.1) is 6.42 Å². The van der Waals surface area contributed by atoms with E-state index in [0.29, 0.717) is 6.61 Å². The zero-order chi connectivity index (χ0) is 11.1. The van der Waals surface area contributed by atoms with Crippen LogP contribution in [0.5, 0.6) is 5.75 Å². The van der Waals surface area contributed by atoms with Crippen LogP contribution in [0.3, 0.4) is 0 Å². The van der Waals surface area contributed by atoms with Crippen LogP contribution >= 0.6 is 0 Å². The molecule has 15 heavy (non-hydrogen) atoms. The molecule has 1 aromatic rings. The Hall–Kier alpha value is -1.46. The number of nitrogens with one attached hydrogen (secondary N) is 1. The third-order valence-electron chi connectivity index (χ3n) is 2.08. The fourth-order valence-corrected chi connectivity index (χ4v) is 1.43. The van der Waals surface area contributed by atoms with Gasteiger partial charge in [0.05, 0.1) is 12.6 Å². The Labute approximate surface area is 91.6 Å². The van der Waals surface area contributed by atoms with Gasteiger partial charge in [0, 0.05) is 0 Å². The molecular formula is C13H17NO. The second kappa shape index (κ2) is 6.10. The summed E-state index contributed by atoms with van der Waals surface area (Å²) in [5.41, 5.74) is 1.07. The largest absolute Gasteiger partial charge is 0.494 e. The normalized spacial score (nSPS) is 11.8. The second-order valence-electron chi connectivity index (χ2n) is 3.16. The summed E-state index contributed by atoms with van der Waals surface area (Å²) in [5, 5.41) is 3.23. The highest BCUT2D eigenvalue weighted by atomic mass is 16.5. The van der Waals surface area contributed by atoms with Crippen LogP contribution in [-0.2, 0) is 0 Å². The van der Waals surface area contributed by atoms with Gasteiger partial charge in [0.15, 0.2) is 0 Å². The molecule has 2 nitrogen and oxygen atoms in total. The van der Waals surface area contributed by atoms with Crippen molar-refractivity contribution in [2.45, 2.75) is 19.9 Å². The summed E-state index contributed by atoms with van der Waals surface area (Å²) in [6.45, 7) is 5.53. The molecule has 0 aliphatic carbocycles. The molecule has 1 rings (SSSR count). The van der Waals surface area contributed by atoms with Gasteiger partial charge in [0.2, 0.25) is 0 Å². The Morgan fingerprint density at radius 2 is 2.27 bits per heavy atom. The molecule has 0 saturated carbocycles. The summed E-state index contributed by atoms with van der Waals surface area (Å²) >= 11 is 0. The van der Waals surface area contributed by atoms with Crippen molar-refractivity contribution in [3.05, 3.63) is 29.8 Å². The van der Waals surface area contributed by atoms with Crippen molar-refractivity contribution >= 4 is 0 Å². The van der Waals surface area contributed by atoms with E-state index < -0.39 is 0 Å². The minimum absolute atomic E-state index is 0.0320. The van der Waals surface area contributed by atoms with E-state index in [4.69, 9.17) is 11.2 Å². The van der Waals surface area contributed by atoms with Crippen molar-refractivity contribution in [3.63, 3.8) is 0 Å². The first-order valence-corrected chi connectivity index (χ1v) is 5.24. The van der Waals surface area contributed by atoms with Gasteiger partial charge in [0.1, 0.15) is 5.75 Å². The molecule has 0 aliphatic rings. The lowest BCUT2D eigenvalue weighted by molar-refractivity contribution is 0.339. The maximum absolute atomic E-state index is 5.46. The molecule has 0 fully saturated rings. The maximum atomic E-state index is 5.46. The first-order chi connectivity index (χ1) is 7.31. The number of benzene rings is 1. The Morgan fingerprint density at radius 3 is 2.87 bits per heavy atom. The van der Waals surface area contributed by atoms with Crippen molar-refractivity contribution < 1.29 is 4.74 Å². The Morgan fingerprint density at radius 1 is 1.47 bits per heavy atom. The summed E-state index contributed by atoms with van der Waals surface area (Å²) in [7, 11) is 0. The van der Waals surface area contributed by atoms with Crippen LogP contribution in [-0.4, -0.2) is 13.2 Å². The molecule has 1 aromatic carbocycles. The highest BCUT2D eigenvalue weighted by Gasteiger charge is 2.06. The minimum Gasteiger partial charge on any atom is -0.494 e. The van der Waals surface area contributed by atoms with Gasteiger partial charge in [-0.1, -0.05) is 25.0 Å². The molecule has 0 aliphatic heterocycles. The first-order valence-electron chi connectivity index (χ1n) is 5.24. The molecule has 0 spiro atoms. The van der Waals surface area contributed by atoms with Crippen LogP contribution in [0.25, 0.3) is 0 Å². The first kappa shape index (κ1) is 11.6. The summed E-state index contributed by atoms with van der Waals surface area (Å²) in [4.78, 5) is 0. The summed E-state index contributed by atoms with van der Waals surface area (Å²) in [6, 6.07) is 7.86. The van der Waals surface area contributed by atoms with Crippen LogP contribution in [0.1, 0.15) is 25.5 Å². The summed E-state index contributed by atoms with van der Waals surface area (Å²) in [6.07, 6.45) is 5.46. The van der Waals surface area contributed by atoms with Gasteiger partial charge in [-0.25, -0.2) is 0 Å². The van der Waals surface area contributed by atoms with Crippen LogP contribution in [0.15, 0.2) is 24.3 Å². The number of rotatable bonds is 5. The van der Waals surface area contributed by atoms with Crippen LogP contribution in [0, 0.1) is 12.3 Å². The Bertz CT molecular complexity index is 341. The molecule has 0 radical (unpaired) electrons. The Balaban J connectivity index is 2.83. The minimum atomic E-state index is -0.0320. The molecule has 1 atom stereocenters. The summed E-state index contributed by atoms with van der Waals surface area (Å²) in [5.74, 6) is 3.59. The van der Waals surface area contributed by atoms with E-state index in [1.807, 2.05) is 38.1 Å². The predicted molar refractivity (Wildman–Crippen MR) is 62.9 cm³/mol. The molecule has 0 heterocycles. The van der Waals surface area contributed by atoms with E-state index in [-0.39, 0.29) is 6.04 Å². The number of terminal acetylenes is 1. The lowest BCUT2D eigenvalue weighted by Gasteiger charge is -2.13. The van der Waals surface area contributed by atoms with Crippen molar-refractivity contribution in [2.75, 3.05) is 13.2 Å². The fourth-order valence-electron chi connectivity index (χ4n) is 1.43. The van der Waals surface area contributed by atoms with Crippen LogP contribution < -0.4 is 10.1 Å².